The summed E-state index contributed by atoms with van der Waals surface area (Å²) in [7, 11) is 1.77. The Bertz CT molecular complexity index is 2090. The van der Waals surface area contributed by atoms with E-state index in [0.717, 1.165) is 32.9 Å². The summed E-state index contributed by atoms with van der Waals surface area (Å²) in [6.45, 7) is 0. The van der Waals surface area contributed by atoms with Crippen LogP contribution in [0.25, 0.3) is 70.9 Å². The molecule has 164 valence electrons. The summed E-state index contributed by atoms with van der Waals surface area (Å²) in [4.78, 5) is 4.95. The summed E-state index contributed by atoms with van der Waals surface area (Å²) in [6, 6.07) is 34.6. The van der Waals surface area contributed by atoms with Gasteiger partial charge in [0, 0.05) is 33.1 Å². The minimum Gasteiger partial charge on any atom is -0.494 e. The molecule has 0 saturated carbocycles. The van der Waals surface area contributed by atoms with Gasteiger partial charge in [-0.2, -0.15) is 0 Å². The van der Waals surface area contributed by atoms with Crippen LogP contribution < -0.4 is 4.74 Å². The summed E-state index contributed by atoms with van der Waals surface area (Å²) in [6.07, 6.45) is 1.93. The molecule has 35 heavy (non-hydrogen) atoms. The Balaban J connectivity index is 1.78. The molecule has 5 aromatic carbocycles. The summed E-state index contributed by atoms with van der Waals surface area (Å²) in [5.41, 5.74) is 6.91. The number of aromatic nitrogens is 2. The highest BCUT2D eigenvalue weighted by Gasteiger charge is 2.24. The second-order valence-corrected chi connectivity index (χ2v) is 9.15. The van der Waals surface area contributed by atoms with E-state index in [2.05, 4.69) is 101 Å². The third-order valence-electron chi connectivity index (χ3n) is 7.41. The number of ether oxygens (including phenoxy) is 1. The van der Waals surface area contributed by atoms with Gasteiger partial charge >= 0.3 is 0 Å². The normalized spacial score (nSPS) is 12.1. The first-order chi connectivity index (χ1) is 17.3. The molecule has 0 aliphatic heterocycles. The Labute approximate surface area is 201 Å². The van der Waals surface area contributed by atoms with Gasteiger partial charge in [0.25, 0.3) is 0 Å². The van der Waals surface area contributed by atoms with Gasteiger partial charge in [0.1, 0.15) is 0 Å². The van der Waals surface area contributed by atoms with E-state index in [9.17, 15) is 0 Å². The van der Waals surface area contributed by atoms with Crippen molar-refractivity contribution in [2.45, 2.75) is 0 Å². The lowest BCUT2D eigenvalue weighted by atomic mass is 9.94. The molecular weight excluding hydrogens is 428 g/mol. The van der Waals surface area contributed by atoms with Gasteiger partial charge in [-0.05, 0) is 46.2 Å². The molecule has 0 aliphatic rings. The van der Waals surface area contributed by atoms with Gasteiger partial charge in [0.15, 0.2) is 5.75 Å². The smallest absolute Gasteiger partial charge is 0.151 e. The van der Waals surface area contributed by atoms with Crippen molar-refractivity contribution in [1.29, 1.82) is 0 Å². The third-order valence-corrected chi connectivity index (χ3v) is 7.41. The van der Waals surface area contributed by atoms with Crippen LogP contribution >= 0.6 is 0 Å². The number of rotatable bonds is 2. The minimum atomic E-state index is 0.885. The number of nitrogens with zero attached hydrogens (tertiary/aromatic N) is 2. The maximum Gasteiger partial charge on any atom is 0.151 e. The van der Waals surface area contributed by atoms with Crippen molar-refractivity contribution in [1.82, 2.24) is 9.38 Å². The first-order valence-corrected chi connectivity index (χ1v) is 11.9. The zero-order chi connectivity index (χ0) is 23.1. The molecule has 0 atom stereocenters. The van der Waals surface area contributed by atoms with Crippen LogP contribution in [0.3, 0.4) is 0 Å². The standard InChI is InChI=1S/C32H20N2O/c1-35-32-22-12-6-5-11-20(22)17-25-29-27-21(15-16-33-29)18-24(19-9-3-2-4-10-19)28-23-13-7-8-14-26(23)34(30(25)32)31(27)28/h2-18H,1H3. The highest BCUT2D eigenvalue weighted by Crippen LogP contribution is 2.47. The van der Waals surface area contributed by atoms with Gasteiger partial charge in [-0.15, -0.1) is 0 Å². The molecule has 0 bridgehead atoms. The molecule has 3 heterocycles. The van der Waals surface area contributed by atoms with E-state index in [0.29, 0.717) is 0 Å². The van der Waals surface area contributed by atoms with Gasteiger partial charge in [-0.25, -0.2) is 0 Å². The first-order valence-electron chi connectivity index (χ1n) is 11.9. The number of hydrogen-bond acceptors (Lipinski definition) is 2. The molecule has 0 amide bonds. The average molecular weight is 449 g/mol. The maximum atomic E-state index is 6.15. The van der Waals surface area contributed by atoms with E-state index in [1.54, 1.807) is 7.11 Å². The molecule has 0 unspecified atom stereocenters. The lowest BCUT2D eigenvalue weighted by Gasteiger charge is -2.17. The third kappa shape index (κ3) is 2.32. The van der Waals surface area contributed by atoms with E-state index in [1.165, 1.54) is 43.7 Å². The highest BCUT2D eigenvalue weighted by atomic mass is 16.5. The van der Waals surface area contributed by atoms with Crippen molar-refractivity contribution in [2.24, 2.45) is 0 Å². The number of pyridine rings is 2. The quantitative estimate of drug-likeness (QED) is 0.197. The molecule has 0 N–H and O–H groups in total. The zero-order valence-corrected chi connectivity index (χ0v) is 19.1. The molecule has 8 aromatic rings. The van der Waals surface area contributed by atoms with Crippen LogP contribution in [0.5, 0.6) is 5.75 Å². The van der Waals surface area contributed by atoms with E-state index >= 15 is 0 Å². The van der Waals surface area contributed by atoms with Crippen molar-refractivity contribution in [2.75, 3.05) is 7.11 Å². The predicted molar refractivity (Wildman–Crippen MR) is 146 cm³/mol. The molecule has 8 rings (SSSR count). The van der Waals surface area contributed by atoms with E-state index in [-0.39, 0.29) is 0 Å². The Morgan fingerprint density at radius 1 is 0.657 bits per heavy atom. The molecule has 0 spiro atoms. The van der Waals surface area contributed by atoms with E-state index in [4.69, 9.17) is 9.72 Å². The van der Waals surface area contributed by atoms with Crippen molar-refractivity contribution in [3.05, 3.63) is 103 Å². The van der Waals surface area contributed by atoms with Crippen LogP contribution in [-0.4, -0.2) is 16.5 Å². The SMILES string of the molecule is COc1c2ccccc2cc2c3nccc4cc(-c5ccccc5)c5c6ccccc6n(c12)c5c43. The number of fused-ring (bicyclic) bond motifs is 7. The second kappa shape index (κ2) is 6.71. The zero-order valence-electron chi connectivity index (χ0n) is 19.1. The van der Waals surface area contributed by atoms with Crippen LogP contribution in [0.4, 0.5) is 0 Å². The molecule has 3 heteroatoms. The Morgan fingerprint density at radius 2 is 1.43 bits per heavy atom. The van der Waals surface area contributed by atoms with Crippen molar-refractivity contribution >= 4 is 59.8 Å². The Morgan fingerprint density at radius 3 is 2.29 bits per heavy atom. The number of methoxy groups -OCH3 is 1. The van der Waals surface area contributed by atoms with Gasteiger partial charge in [-0.3, -0.25) is 4.98 Å². The Hall–Kier alpha value is -4.63. The fourth-order valence-corrected chi connectivity index (χ4v) is 6.02. The van der Waals surface area contributed by atoms with Gasteiger partial charge < -0.3 is 9.14 Å². The van der Waals surface area contributed by atoms with Gasteiger partial charge in [0.2, 0.25) is 0 Å². The Kier molecular flexibility index (Phi) is 3.59. The number of hydrogen-bond donors (Lipinski definition) is 0. The summed E-state index contributed by atoms with van der Waals surface area (Å²) in [5, 5.41) is 8.25. The number of para-hydroxylation sites is 1. The van der Waals surface area contributed by atoms with Crippen LogP contribution in [0.2, 0.25) is 0 Å². The predicted octanol–water partition coefficient (Wildman–Crippen LogP) is 8.21. The molecule has 0 fully saturated rings. The fourth-order valence-electron chi connectivity index (χ4n) is 6.02. The lowest BCUT2D eigenvalue weighted by molar-refractivity contribution is 0.423. The summed E-state index contributed by atoms with van der Waals surface area (Å²) < 4.78 is 8.56. The summed E-state index contributed by atoms with van der Waals surface area (Å²) in [5.74, 6) is 0.885. The second-order valence-electron chi connectivity index (χ2n) is 9.15. The topological polar surface area (TPSA) is 26.5 Å². The van der Waals surface area contributed by atoms with Crippen LogP contribution in [0.15, 0.2) is 103 Å². The van der Waals surface area contributed by atoms with E-state index < -0.39 is 0 Å². The van der Waals surface area contributed by atoms with Crippen LogP contribution in [-0.2, 0) is 0 Å². The highest BCUT2D eigenvalue weighted by molar-refractivity contribution is 6.32. The fraction of sp³-hybridized carbons (Fsp3) is 0.0312. The molecular formula is C32H20N2O. The van der Waals surface area contributed by atoms with Crippen molar-refractivity contribution in [3.63, 3.8) is 0 Å². The van der Waals surface area contributed by atoms with Crippen LogP contribution in [0, 0.1) is 0 Å². The van der Waals surface area contributed by atoms with Gasteiger partial charge in [0.05, 0.1) is 29.2 Å². The molecule has 3 aromatic heterocycles. The monoisotopic (exact) mass is 448 g/mol. The molecule has 0 saturated heterocycles. The van der Waals surface area contributed by atoms with E-state index in [1.807, 2.05) is 6.20 Å². The van der Waals surface area contributed by atoms with Crippen LogP contribution in [0.1, 0.15) is 0 Å². The first kappa shape index (κ1) is 18.8. The number of benzene rings is 5. The average Bonchev–Trinajstić information content (AvgIpc) is 3.27. The molecule has 3 nitrogen and oxygen atoms in total. The molecule has 0 radical (unpaired) electrons. The maximum absolute atomic E-state index is 6.15. The van der Waals surface area contributed by atoms with Crippen molar-refractivity contribution in [3.8, 4) is 16.9 Å². The van der Waals surface area contributed by atoms with Crippen molar-refractivity contribution < 1.29 is 4.74 Å². The largest absolute Gasteiger partial charge is 0.494 e. The lowest BCUT2D eigenvalue weighted by Crippen LogP contribution is -1.98. The van der Waals surface area contributed by atoms with Gasteiger partial charge in [-0.1, -0.05) is 72.8 Å². The summed E-state index contributed by atoms with van der Waals surface area (Å²) >= 11 is 0. The molecule has 0 aliphatic carbocycles. The minimum absolute atomic E-state index is 0.885.